The molecular weight excluding hydrogens is 316 g/mol. The van der Waals surface area contributed by atoms with E-state index in [0.717, 1.165) is 12.4 Å². The van der Waals surface area contributed by atoms with Gasteiger partial charge in [0.15, 0.2) is 0 Å². The maximum absolute atomic E-state index is 5.78. The van der Waals surface area contributed by atoms with Gasteiger partial charge in [-0.05, 0) is 25.5 Å². The first-order valence-corrected chi connectivity index (χ1v) is 11.5. The van der Waals surface area contributed by atoms with E-state index in [1.807, 2.05) is 0 Å². The largest absolute Gasteiger partial charge is 0.494 e. The van der Waals surface area contributed by atoms with E-state index in [1.54, 1.807) is 0 Å². The van der Waals surface area contributed by atoms with E-state index >= 15 is 0 Å². The lowest BCUT2D eigenvalue weighted by atomic mass is 10.0. The summed E-state index contributed by atoms with van der Waals surface area (Å²) >= 11 is 0. The SMILES string of the molecule is CCCCCCCCCCCCCCCCCCOc1ccc(C)cc1. The van der Waals surface area contributed by atoms with Gasteiger partial charge in [-0.25, -0.2) is 0 Å². The minimum Gasteiger partial charge on any atom is -0.494 e. The van der Waals surface area contributed by atoms with Gasteiger partial charge in [-0.3, -0.25) is 0 Å². The van der Waals surface area contributed by atoms with Crippen LogP contribution < -0.4 is 4.74 Å². The van der Waals surface area contributed by atoms with Gasteiger partial charge in [0.25, 0.3) is 0 Å². The molecule has 0 aliphatic rings. The zero-order chi connectivity index (χ0) is 18.7. The molecular formula is C25H44O. The van der Waals surface area contributed by atoms with Crippen LogP contribution in [0.1, 0.15) is 115 Å². The van der Waals surface area contributed by atoms with Crippen molar-refractivity contribution in [2.75, 3.05) is 6.61 Å². The Hall–Kier alpha value is -0.980. The highest BCUT2D eigenvalue weighted by atomic mass is 16.5. The third-order valence-corrected chi connectivity index (χ3v) is 5.29. The summed E-state index contributed by atoms with van der Waals surface area (Å²) in [6.07, 6.45) is 22.6. The van der Waals surface area contributed by atoms with Gasteiger partial charge < -0.3 is 4.74 Å². The highest BCUT2D eigenvalue weighted by Crippen LogP contribution is 2.15. The standard InChI is InChI=1S/C25H44O/c1-3-4-5-6-7-8-9-10-11-12-13-14-15-16-17-18-23-26-25-21-19-24(2)20-22-25/h19-22H,3-18,23H2,1-2H3. The van der Waals surface area contributed by atoms with Gasteiger partial charge in [-0.2, -0.15) is 0 Å². The van der Waals surface area contributed by atoms with E-state index in [9.17, 15) is 0 Å². The second-order valence-corrected chi connectivity index (χ2v) is 7.96. The molecule has 26 heavy (non-hydrogen) atoms. The van der Waals surface area contributed by atoms with Gasteiger partial charge in [0.05, 0.1) is 6.61 Å². The Morgan fingerprint density at radius 1 is 0.538 bits per heavy atom. The predicted molar refractivity (Wildman–Crippen MR) is 116 cm³/mol. The van der Waals surface area contributed by atoms with Gasteiger partial charge in [-0.15, -0.1) is 0 Å². The Morgan fingerprint density at radius 3 is 1.35 bits per heavy atom. The smallest absolute Gasteiger partial charge is 0.119 e. The van der Waals surface area contributed by atoms with Crippen molar-refractivity contribution in [2.24, 2.45) is 0 Å². The third-order valence-electron chi connectivity index (χ3n) is 5.29. The molecule has 1 heteroatoms. The lowest BCUT2D eigenvalue weighted by Crippen LogP contribution is -1.97. The molecule has 0 fully saturated rings. The molecule has 0 radical (unpaired) electrons. The fourth-order valence-electron chi connectivity index (χ4n) is 3.47. The van der Waals surface area contributed by atoms with Gasteiger partial charge in [0, 0.05) is 0 Å². The van der Waals surface area contributed by atoms with Crippen molar-refractivity contribution in [3.63, 3.8) is 0 Å². The summed E-state index contributed by atoms with van der Waals surface area (Å²) in [5.74, 6) is 1.01. The van der Waals surface area contributed by atoms with Gasteiger partial charge in [0.1, 0.15) is 5.75 Å². The van der Waals surface area contributed by atoms with Crippen molar-refractivity contribution in [2.45, 2.75) is 117 Å². The lowest BCUT2D eigenvalue weighted by molar-refractivity contribution is 0.304. The molecule has 0 bridgehead atoms. The Morgan fingerprint density at radius 2 is 0.923 bits per heavy atom. The van der Waals surface area contributed by atoms with Crippen molar-refractivity contribution >= 4 is 0 Å². The number of rotatable bonds is 18. The maximum atomic E-state index is 5.78. The fraction of sp³-hybridized carbons (Fsp3) is 0.760. The van der Waals surface area contributed by atoms with Crippen molar-refractivity contribution < 1.29 is 4.74 Å². The fourth-order valence-corrected chi connectivity index (χ4v) is 3.47. The molecule has 0 heterocycles. The quantitative estimate of drug-likeness (QED) is 0.238. The average Bonchev–Trinajstić information content (AvgIpc) is 2.66. The van der Waals surface area contributed by atoms with Crippen LogP contribution in [0.25, 0.3) is 0 Å². The van der Waals surface area contributed by atoms with E-state index in [0.29, 0.717) is 0 Å². The highest BCUT2D eigenvalue weighted by molar-refractivity contribution is 5.26. The molecule has 0 spiro atoms. The minimum atomic E-state index is 0.863. The molecule has 150 valence electrons. The molecule has 0 aromatic heterocycles. The lowest BCUT2D eigenvalue weighted by Gasteiger charge is -2.06. The zero-order valence-corrected chi connectivity index (χ0v) is 17.7. The molecule has 1 aromatic carbocycles. The Bertz CT molecular complexity index is 395. The van der Waals surface area contributed by atoms with E-state index < -0.39 is 0 Å². The second-order valence-electron chi connectivity index (χ2n) is 7.96. The Kier molecular flexibility index (Phi) is 15.5. The monoisotopic (exact) mass is 360 g/mol. The summed E-state index contributed by atoms with van der Waals surface area (Å²) in [5, 5.41) is 0. The van der Waals surface area contributed by atoms with E-state index in [4.69, 9.17) is 4.74 Å². The molecule has 0 aliphatic carbocycles. The van der Waals surface area contributed by atoms with Gasteiger partial charge in [0.2, 0.25) is 0 Å². The number of hydrogen-bond acceptors (Lipinski definition) is 1. The minimum absolute atomic E-state index is 0.863. The van der Waals surface area contributed by atoms with Crippen LogP contribution in [0.5, 0.6) is 5.75 Å². The van der Waals surface area contributed by atoms with Crippen LogP contribution >= 0.6 is 0 Å². The summed E-state index contributed by atoms with van der Waals surface area (Å²) in [6.45, 7) is 5.27. The number of ether oxygens (including phenoxy) is 1. The van der Waals surface area contributed by atoms with Crippen LogP contribution in [0.15, 0.2) is 24.3 Å². The summed E-state index contributed by atoms with van der Waals surface area (Å²) in [5.41, 5.74) is 1.29. The maximum Gasteiger partial charge on any atom is 0.119 e. The van der Waals surface area contributed by atoms with E-state index in [2.05, 4.69) is 38.1 Å². The number of hydrogen-bond donors (Lipinski definition) is 0. The second kappa shape index (κ2) is 17.4. The van der Waals surface area contributed by atoms with Crippen LogP contribution in [0, 0.1) is 6.92 Å². The average molecular weight is 361 g/mol. The number of aryl methyl sites for hydroxylation is 1. The van der Waals surface area contributed by atoms with Gasteiger partial charge in [-0.1, -0.05) is 121 Å². The Balaban J connectivity index is 1.72. The molecule has 0 atom stereocenters. The molecule has 1 aromatic rings. The normalized spacial score (nSPS) is 11.0. The van der Waals surface area contributed by atoms with E-state index in [1.165, 1.54) is 108 Å². The molecule has 0 unspecified atom stereocenters. The van der Waals surface area contributed by atoms with Crippen molar-refractivity contribution in [1.82, 2.24) is 0 Å². The van der Waals surface area contributed by atoms with Crippen LogP contribution in [0.2, 0.25) is 0 Å². The molecule has 0 saturated heterocycles. The summed E-state index contributed by atoms with van der Waals surface area (Å²) in [7, 11) is 0. The molecule has 1 rings (SSSR count). The van der Waals surface area contributed by atoms with Crippen LogP contribution in [-0.2, 0) is 0 Å². The zero-order valence-electron chi connectivity index (χ0n) is 17.7. The van der Waals surface area contributed by atoms with Crippen molar-refractivity contribution in [3.05, 3.63) is 29.8 Å². The predicted octanol–water partition coefficient (Wildman–Crippen LogP) is 8.64. The van der Waals surface area contributed by atoms with Crippen molar-refractivity contribution in [1.29, 1.82) is 0 Å². The highest BCUT2D eigenvalue weighted by Gasteiger charge is 1.96. The van der Waals surface area contributed by atoms with Crippen molar-refractivity contribution in [3.8, 4) is 5.75 Å². The van der Waals surface area contributed by atoms with Gasteiger partial charge >= 0.3 is 0 Å². The third kappa shape index (κ3) is 14.2. The van der Waals surface area contributed by atoms with Crippen LogP contribution in [-0.4, -0.2) is 6.61 Å². The molecule has 0 aliphatic heterocycles. The van der Waals surface area contributed by atoms with E-state index in [-0.39, 0.29) is 0 Å². The van der Waals surface area contributed by atoms with Crippen LogP contribution in [0.3, 0.4) is 0 Å². The first-order valence-electron chi connectivity index (χ1n) is 11.5. The summed E-state index contributed by atoms with van der Waals surface area (Å²) in [4.78, 5) is 0. The summed E-state index contributed by atoms with van der Waals surface area (Å²) in [6, 6.07) is 8.37. The number of unbranched alkanes of at least 4 members (excludes halogenated alkanes) is 15. The van der Waals surface area contributed by atoms with Crippen LogP contribution in [0.4, 0.5) is 0 Å². The Labute approximate surface area is 163 Å². The first kappa shape index (κ1) is 23.1. The summed E-state index contributed by atoms with van der Waals surface area (Å²) < 4.78 is 5.78. The first-order chi connectivity index (χ1) is 12.8. The molecule has 0 saturated carbocycles. The molecule has 0 N–H and O–H groups in total. The molecule has 0 amide bonds. The topological polar surface area (TPSA) is 9.23 Å². The number of benzene rings is 1. The molecule has 1 nitrogen and oxygen atoms in total.